The second kappa shape index (κ2) is 11.5. The van der Waals surface area contributed by atoms with E-state index in [1.165, 1.54) is 6.42 Å². The Morgan fingerprint density at radius 1 is 1.24 bits per heavy atom. The molecule has 6 heteroatoms. The Morgan fingerprint density at radius 3 is 2.47 bits per heavy atom. The average Bonchev–Trinajstić information content (AvgIpc) is 2.27. The highest BCUT2D eigenvalue weighted by atomic mass is 35.5. The van der Waals surface area contributed by atoms with Crippen molar-refractivity contribution in [1.29, 1.82) is 0 Å². The third kappa shape index (κ3) is 6.79. The van der Waals surface area contributed by atoms with Crippen molar-refractivity contribution in [2.45, 2.75) is 19.4 Å². The van der Waals surface area contributed by atoms with Crippen LogP contribution in [0.25, 0.3) is 0 Å². The van der Waals surface area contributed by atoms with Gasteiger partial charge in [-0.25, -0.2) is 0 Å². The quantitative estimate of drug-likeness (QED) is 0.786. The van der Waals surface area contributed by atoms with Crippen molar-refractivity contribution in [2.75, 3.05) is 53.0 Å². The van der Waals surface area contributed by atoms with Gasteiger partial charge in [0.25, 0.3) is 0 Å². The molecule has 0 aliphatic carbocycles. The van der Waals surface area contributed by atoms with Crippen molar-refractivity contribution in [3.05, 3.63) is 0 Å². The van der Waals surface area contributed by atoms with Crippen molar-refractivity contribution < 1.29 is 4.74 Å². The van der Waals surface area contributed by atoms with Crippen LogP contribution in [0.4, 0.5) is 0 Å². The minimum atomic E-state index is 0. The summed E-state index contributed by atoms with van der Waals surface area (Å²) in [7, 11) is 1.77. The van der Waals surface area contributed by atoms with Gasteiger partial charge in [0.05, 0.1) is 6.61 Å². The predicted octanol–water partition coefficient (Wildman–Crippen LogP) is 0.831. The average molecular weight is 288 g/mol. The lowest BCUT2D eigenvalue weighted by molar-refractivity contribution is 0.0511. The maximum atomic E-state index is 5.59. The number of methoxy groups -OCH3 is 1. The van der Waals surface area contributed by atoms with Crippen molar-refractivity contribution in [1.82, 2.24) is 9.80 Å². The minimum Gasteiger partial charge on any atom is -0.383 e. The third-order valence-corrected chi connectivity index (χ3v) is 3.19. The molecule has 1 atom stereocenters. The Kier molecular flexibility index (Phi) is 13.4. The van der Waals surface area contributed by atoms with Gasteiger partial charge in [0.1, 0.15) is 0 Å². The van der Waals surface area contributed by atoms with Gasteiger partial charge in [-0.15, -0.1) is 24.8 Å². The van der Waals surface area contributed by atoms with Crippen molar-refractivity contribution in [3.8, 4) is 0 Å². The van der Waals surface area contributed by atoms with Crippen molar-refractivity contribution in [2.24, 2.45) is 5.73 Å². The Balaban J connectivity index is 0. The zero-order valence-electron chi connectivity index (χ0n) is 10.9. The standard InChI is InChI=1S/C11H25N3O.2ClH/c1-3-11-10-13(5-4-12)6-7-14(11)8-9-15-2;;/h11H,3-10,12H2,1-2H3;2*1H. The number of piperazine rings is 1. The smallest absolute Gasteiger partial charge is 0.0589 e. The first kappa shape index (κ1) is 19.8. The molecule has 1 saturated heterocycles. The molecule has 1 fully saturated rings. The first-order chi connectivity index (χ1) is 7.31. The van der Waals surface area contributed by atoms with E-state index < -0.39 is 0 Å². The Hall–Kier alpha value is 0.420. The number of ether oxygens (including phenoxy) is 1. The van der Waals surface area contributed by atoms with Gasteiger partial charge in [-0.05, 0) is 6.42 Å². The number of halogens is 2. The van der Waals surface area contributed by atoms with Crippen LogP contribution in [-0.2, 0) is 4.74 Å². The molecular formula is C11H27Cl2N3O. The number of nitrogens with two attached hydrogens (primary N) is 1. The summed E-state index contributed by atoms with van der Waals surface area (Å²) >= 11 is 0. The summed E-state index contributed by atoms with van der Waals surface area (Å²) in [5.74, 6) is 0. The van der Waals surface area contributed by atoms with Gasteiger partial charge >= 0.3 is 0 Å². The highest BCUT2D eigenvalue weighted by Gasteiger charge is 2.24. The molecule has 0 amide bonds. The van der Waals surface area contributed by atoms with Crippen LogP contribution in [0.2, 0.25) is 0 Å². The first-order valence-corrected chi connectivity index (χ1v) is 5.97. The van der Waals surface area contributed by atoms with Gasteiger partial charge in [-0.3, -0.25) is 9.80 Å². The summed E-state index contributed by atoms with van der Waals surface area (Å²) < 4.78 is 5.14. The number of nitrogens with zero attached hydrogens (tertiary/aromatic N) is 2. The molecule has 4 nitrogen and oxygen atoms in total. The van der Waals surface area contributed by atoms with E-state index in [2.05, 4.69) is 16.7 Å². The molecular weight excluding hydrogens is 261 g/mol. The van der Waals surface area contributed by atoms with Gasteiger partial charge in [0, 0.05) is 52.4 Å². The van der Waals surface area contributed by atoms with E-state index in [1.807, 2.05) is 0 Å². The largest absolute Gasteiger partial charge is 0.383 e. The Bertz CT molecular complexity index is 175. The molecule has 0 spiro atoms. The van der Waals surface area contributed by atoms with E-state index in [0.717, 1.165) is 45.9 Å². The molecule has 1 unspecified atom stereocenters. The fourth-order valence-electron chi connectivity index (χ4n) is 2.23. The lowest BCUT2D eigenvalue weighted by atomic mass is 10.1. The molecule has 0 saturated carbocycles. The fourth-order valence-corrected chi connectivity index (χ4v) is 2.23. The SMILES string of the molecule is CCC1CN(CCN)CCN1CCOC.Cl.Cl. The Labute approximate surface area is 118 Å². The summed E-state index contributed by atoms with van der Waals surface area (Å²) in [4.78, 5) is 5.01. The summed E-state index contributed by atoms with van der Waals surface area (Å²) in [5.41, 5.74) is 5.59. The molecule has 17 heavy (non-hydrogen) atoms. The molecule has 0 aromatic carbocycles. The van der Waals surface area contributed by atoms with E-state index in [9.17, 15) is 0 Å². The topological polar surface area (TPSA) is 41.7 Å². The molecule has 1 aliphatic heterocycles. The van der Waals surface area contributed by atoms with E-state index in [-0.39, 0.29) is 24.8 Å². The van der Waals surface area contributed by atoms with E-state index >= 15 is 0 Å². The summed E-state index contributed by atoms with van der Waals surface area (Å²) in [5, 5.41) is 0. The van der Waals surface area contributed by atoms with Crippen LogP contribution in [0.1, 0.15) is 13.3 Å². The van der Waals surface area contributed by atoms with Gasteiger partial charge in [-0.1, -0.05) is 6.92 Å². The normalized spacial score (nSPS) is 21.7. The maximum Gasteiger partial charge on any atom is 0.0589 e. The molecule has 1 heterocycles. The molecule has 0 bridgehead atoms. The van der Waals surface area contributed by atoms with Crippen LogP contribution in [0.5, 0.6) is 0 Å². The van der Waals surface area contributed by atoms with Crippen LogP contribution in [0, 0.1) is 0 Å². The summed E-state index contributed by atoms with van der Waals surface area (Å²) in [6.07, 6.45) is 1.21. The number of hydrogen-bond acceptors (Lipinski definition) is 4. The summed E-state index contributed by atoms with van der Waals surface area (Å²) in [6, 6.07) is 0.681. The zero-order valence-corrected chi connectivity index (χ0v) is 12.6. The maximum absolute atomic E-state index is 5.59. The predicted molar refractivity (Wildman–Crippen MR) is 77.5 cm³/mol. The molecule has 0 radical (unpaired) electrons. The summed E-state index contributed by atoms with van der Waals surface area (Å²) in [6.45, 7) is 9.44. The van der Waals surface area contributed by atoms with Crippen molar-refractivity contribution in [3.63, 3.8) is 0 Å². The van der Waals surface area contributed by atoms with Crippen molar-refractivity contribution >= 4 is 24.8 Å². The lowest BCUT2D eigenvalue weighted by Gasteiger charge is -2.41. The monoisotopic (exact) mass is 287 g/mol. The van der Waals surface area contributed by atoms with Gasteiger partial charge in [-0.2, -0.15) is 0 Å². The lowest BCUT2D eigenvalue weighted by Crippen LogP contribution is -2.54. The zero-order chi connectivity index (χ0) is 11.1. The van der Waals surface area contributed by atoms with Crippen LogP contribution in [0.3, 0.4) is 0 Å². The number of hydrogen-bond donors (Lipinski definition) is 1. The Morgan fingerprint density at radius 2 is 1.94 bits per heavy atom. The first-order valence-electron chi connectivity index (χ1n) is 5.97. The molecule has 0 aromatic heterocycles. The van der Waals surface area contributed by atoms with Crippen LogP contribution < -0.4 is 5.73 Å². The second-order valence-electron chi connectivity index (χ2n) is 4.18. The van der Waals surface area contributed by atoms with Gasteiger partial charge < -0.3 is 10.5 Å². The molecule has 106 valence electrons. The van der Waals surface area contributed by atoms with E-state index in [4.69, 9.17) is 10.5 Å². The molecule has 0 aromatic rings. The van der Waals surface area contributed by atoms with E-state index in [1.54, 1.807) is 7.11 Å². The van der Waals surface area contributed by atoms with Crippen LogP contribution >= 0.6 is 24.8 Å². The molecule has 1 aliphatic rings. The third-order valence-electron chi connectivity index (χ3n) is 3.19. The number of rotatable bonds is 6. The second-order valence-corrected chi connectivity index (χ2v) is 4.18. The molecule has 1 rings (SSSR count). The highest BCUT2D eigenvalue weighted by molar-refractivity contribution is 5.85. The highest BCUT2D eigenvalue weighted by Crippen LogP contribution is 2.11. The van der Waals surface area contributed by atoms with Gasteiger partial charge in [0.15, 0.2) is 0 Å². The minimum absolute atomic E-state index is 0. The van der Waals surface area contributed by atoms with Crippen LogP contribution in [0.15, 0.2) is 0 Å². The van der Waals surface area contributed by atoms with Gasteiger partial charge in [0.2, 0.25) is 0 Å². The fraction of sp³-hybridized carbons (Fsp3) is 1.00. The van der Waals surface area contributed by atoms with E-state index in [0.29, 0.717) is 6.04 Å². The molecule has 2 N–H and O–H groups in total. The van der Waals surface area contributed by atoms with Crippen LogP contribution in [-0.4, -0.2) is 68.8 Å².